The van der Waals surface area contributed by atoms with Crippen LogP contribution in [0.1, 0.15) is 18.4 Å². The minimum atomic E-state index is 0.274. The van der Waals surface area contributed by atoms with E-state index in [0.29, 0.717) is 5.91 Å². The van der Waals surface area contributed by atoms with Gasteiger partial charge in [0, 0.05) is 37.1 Å². The van der Waals surface area contributed by atoms with Crippen LogP contribution in [0.25, 0.3) is 0 Å². The highest BCUT2D eigenvalue weighted by molar-refractivity contribution is 7.99. The van der Waals surface area contributed by atoms with Crippen molar-refractivity contribution in [3.8, 4) is 0 Å². The van der Waals surface area contributed by atoms with Crippen LogP contribution in [0.5, 0.6) is 0 Å². The van der Waals surface area contributed by atoms with E-state index in [1.165, 1.54) is 5.56 Å². The molecule has 0 aromatic heterocycles. The molecule has 2 aliphatic heterocycles. The highest BCUT2D eigenvalue weighted by atomic mass is 32.2. The molecule has 120 valence electrons. The Bertz CT molecular complexity index is 465. The lowest BCUT2D eigenvalue weighted by Gasteiger charge is -2.35. The van der Waals surface area contributed by atoms with E-state index in [-0.39, 0.29) is 5.92 Å². The Morgan fingerprint density at radius 2 is 1.73 bits per heavy atom. The Morgan fingerprint density at radius 3 is 2.41 bits per heavy atom. The van der Waals surface area contributed by atoms with Crippen LogP contribution in [0.15, 0.2) is 30.3 Å². The third-order valence-corrected chi connectivity index (χ3v) is 5.76. The highest BCUT2D eigenvalue weighted by Crippen LogP contribution is 2.21. The predicted octanol–water partition coefficient (Wildman–Crippen LogP) is 2.52. The zero-order valence-electron chi connectivity index (χ0n) is 13.2. The number of rotatable bonds is 4. The Morgan fingerprint density at radius 1 is 1.05 bits per heavy atom. The number of likely N-dealkylation sites (tertiary alicyclic amines) is 1. The second-order valence-corrected chi connectivity index (χ2v) is 7.51. The zero-order chi connectivity index (χ0) is 15.2. The second kappa shape index (κ2) is 8.02. The van der Waals surface area contributed by atoms with Gasteiger partial charge in [0.05, 0.1) is 0 Å². The van der Waals surface area contributed by atoms with Gasteiger partial charge in [0.25, 0.3) is 0 Å². The number of carbonyl (C=O) groups is 1. The Kier molecular flexibility index (Phi) is 5.79. The van der Waals surface area contributed by atoms with Gasteiger partial charge in [-0.1, -0.05) is 30.3 Å². The topological polar surface area (TPSA) is 23.6 Å². The zero-order valence-corrected chi connectivity index (χ0v) is 14.1. The average molecular weight is 318 g/mol. The largest absolute Gasteiger partial charge is 0.341 e. The van der Waals surface area contributed by atoms with Gasteiger partial charge in [-0.2, -0.15) is 11.8 Å². The van der Waals surface area contributed by atoms with E-state index in [1.807, 2.05) is 11.8 Å². The van der Waals surface area contributed by atoms with Crippen molar-refractivity contribution in [3.05, 3.63) is 35.9 Å². The number of amides is 1. The lowest BCUT2D eigenvalue weighted by molar-refractivity contribution is -0.136. The van der Waals surface area contributed by atoms with E-state index >= 15 is 0 Å². The molecular weight excluding hydrogens is 292 g/mol. The summed E-state index contributed by atoms with van der Waals surface area (Å²) in [6.07, 6.45) is 3.19. The number of thioether (sulfide) groups is 1. The van der Waals surface area contributed by atoms with Crippen LogP contribution >= 0.6 is 11.8 Å². The summed E-state index contributed by atoms with van der Waals surface area (Å²) in [6, 6.07) is 10.7. The van der Waals surface area contributed by atoms with E-state index in [1.54, 1.807) is 0 Å². The average Bonchev–Trinajstić information content (AvgIpc) is 2.61. The van der Waals surface area contributed by atoms with E-state index in [4.69, 9.17) is 0 Å². The molecule has 2 aliphatic rings. The molecule has 0 bridgehead atoms. The molecule has 3 nitrogen and oxygen atoms in total. The molecular formula is C18H26N2OS. The van der Waals surface area contributed by atoms with Gasteiger partial charge < -0.3 is 9.80 Å². The van der Waals surface area contributed by atoms with Gasteiger partial charge >= 0.3 is 0 Å². The summed E-state index contributed by atoms with van der Waals surface area (Å²) in [4.78, 5) is 17.2. The summed E-state index contributed by atoms with van der Waals surface area (Å²) in [5, 5.41) is 0. The van der Waals surface area contributed by atoms with Gasteiger partial charge in [-0.3, -0.25) is 4.79 Å². The number of hydrogen-bond acceptors (Lipinski definition) is 3. The van der Waals surface area contributed by atoms with Crippen molar-refractivity contribution < 1.29 is 4.79 Å². The first-order valence-electron chi connectivity index (χ1n) is 8.46. The summed E-state index contributed by atoms with van der Waals surface area (Å²) < 4.78 is 0. The molecule has 0 radical (unpaired) electrons. The molecule has 0 saturated carbocycles. The molecule has 2 heterocycles. The number of carbonyl (C=O) groups excluding carboxylic acids is 1. The first-order valence-corrected chi connectivity index (χ1v) is 9.61. The van der Waals surface area contributed by atoms with Crippen LogP contribution in [0, 0.1) is 5.92 Å². The molecule has 3 rings (SSSR count). The van der Waals surface area contributed by atoms with Crippen molar-refractivity contribution in [2.75, 3.05) is 44.2 Å². The van der Waals surface area contributed by atoms with Crippen molar-refractivity contribution in [1.29, 1.82) is 0 Å². The van der Waals surface area contributed by atoms with Crippen LogP contribution in [0.3, 0.4) is 0 Å². The lowest BCUT2D eigenvalue weighted by Crippen LogP contribution is -2.45. The summed E-state index contributed by atoms with van der Waals surface area (Å²) in [5.41, 5.74) is 1.41. The normalized spacial score (nSPS) is 21.0. The lowest BCUT2D eigenvalue weighted by atomic mass is 9.95. The van der Waals surface area contributed by atoms with Crippen molar-refractivity contribution in [3.63, 3.8) is 0 Å². The van der Waals surface area contributed by atoms with E-state index in [0.717, 1.165) is 63.5 Å². The first kappa shape index (κ1) is 15.9. The second-order valence-electron chi connectivity index (χ2n) is 6.29. The fourth-order valence-electron chi connectivity index (χ4n) is 3.38. The van der Waals surface area contributed by atoms with Crippen molar-refractivity contribution in [2.24, 2.45) is 5.92 Å². The van der Waals surface area contributed by atoms with Crippen LogP contribution in [0.4, 0.5) is 0 Å². The SMILES string of the molecule is O=C(C1CCN(CCc2ccccc2)CC1)N1CCSCC1. The van der Waals surface area contributed by atoms with Crippen LogP contribution in [-0.2, 0) is 11.2 Å². The minimum absolute atomic E-state index is 0.274. The monoisotopic (exact) mass is 318 g/mol. The van der Waals surface area contributed by atoms with Crippen LogP contribution in [-0.4, -0.2) is 59.9 Å². The molecule has 0 aliphatic carbocycles. The van der Waals surface area contributed by atoms with Crippen LogP contribution in [0.2, 0.25) is 0 Å². The van der Waals surface area contributed by atoms with Gasteiger partial charge in [0.2, 0.25) is 5.91 Å². The smallest absolute Gasteiger partial charge is 0.225 e. The number of piperidine rings is 1. The van der Waals surface area contributed by atoms with Gasteiger partial charge in [-0.05, 0) is 37.9 Å². The molecule has 0 atom stereocenters. The molecule has 2 saturated heterocycles. The van der Waals surface area contributed by atoms with Crippen molar-refractivity contribution in [2.45, 2.75) is 19.3 Å². The minimum Gasteiger partial charge on any atom is -0.341 e. The van der Waals surface area contributed by atoms with Gasteiger partial charge in [0.15, 0.2) is 0 Å². The molecule has 2 fully saturated rings. The van der Waals surface area contributed by atoms with Gasteiger partial charge in [-0.15, -0.1) is 0 Å². The molecule has 0 unspecified atom stereocenters. The highest BCUT2D eigenvalue weighted by Gasteiger charge is 2.28. The van der Waals surface area contributed by atoms with Gasteiger partial charge in [-0.25, -0.2) is 0 Å². The van der Waals surface area contributed by atoms with Crippen molar-refractivity contribution in [1.82, 2.24) is 9.80 Å². The molecule has 22 heavy (non-hydrogen) atoms. The van der Waals surface area contributed by atoms with Crippen molar-refractivity contribution >= 4 is 17.7 Å². The fraction of sp³-hybridized carbons (Fsp3) is 0.611. The number of hydrogen-bond donors (Lipinski definition) is 0. The number of nitrogens with zero attached hydrogens (tertiary/aromatic N) is 2. The summed E-state index contributed by atoms with van der Waals surface area (Å²) in [7, 11) is 0. The quantitative estimate of drug-likeness (QED) is 0.852. The maximum atomic E-state index is 12.5. The Hall–Kier alpha value is -1.000. The first-order chi connectivity index (χ1) is 10.8. The van der Waals surface area contributed by atoms with Crippen LogP contribution < -0.4 is 0 Å². The third-order valence-electron chi connectivity index (χ3n) is 4.82. The maximum absolute atomic E-state index is 12.5. The molecule has 4 heteroatoms. The molecule has 0 spiro atoms. The molecule has 0 N–H and O–H groups in total. The predicted molar refractivity (Wildman–Crippen MR) is 93.2 cm³/mol. The Labute approximate surface area is 138 Å². The third kappa shape index (κ3) is 4.26. The molecule has 1 aromatic carbocycles. The standard InChI is InChI=1S/C18H26N2OS/c21-18(20-12-14-22-15-13-20)17-7-10-19(11-8-17)9-6-16-4-2-1-3-5-16/h1-5,17H,6-15H2. The van der Waals surface area contributed by atoms with Gasteiger partial charge in [0.1, 0.15) is 0 Å². The summed E-state index contributed by atoms with van der Waals surface area (Å²) in [5.74, 6) is 2.92. The molecule has 1 aromatic rings. The van der Waals surface area contributed by atoms with E-state index < -0.39 is 0 Å². The number of benzene rings is 1. The fourth-order valence-corrected chi connectivity index (χ4v) is 4.28. The molecule has 1 amide bonds. The Balaban J connectivity index is 1.41. The summed E-state index contributed by atoms with van der Waals surface area (Å²) in [6.45, 7) is 5.18. The van der Waals surface area contributed by atoms with E-state index in [9.17, 15) is 4.79 Å². The van der Waals surface area contributed by atoms with E-state index in [2.05, 4.69) is 40.1 Å². The summed E-state index contributed by atoms with van der Waals surface area (Å²) >= 11 is 1.97. The maximum Gasteiger partial charge on any atom is 0.225 e.